The number of hydrazone groups is 2. The quantitative estimate of drug-likeness (QED) is 0.0867. The molecule has 46 heavy (non-hydrogen) atoms. The van der Waals surface area contributed by atoms with Gasteiger partial charge in [0.25, 0.3) is 11.4 Å². The normalized spacial score (nSPS) is 11.2. The Morgan fingerprint density at radius 1 is 0.652 bits per heavy atom. The number of anilines is 2. The maximum absolute atomic E-state index is 11.5. The maximum atomic E-state index is 11.5. The van der Waals surface area contributed by atoms with Gasteiger partial charge in [0.05, 0.1) is 49.8 Å². The van der Waals surface area contributed by atoms with Crippen LogP contribution in [0.5, 0.6) is 0 Å². The van der Waals surface area contributed by atoms with Crippen LogP contribution >= 0.6 is 11.6 Å². The minimum atomic E-state index is -0.774. The van der Waals surface area contributed by atoms with Gasteiger partial charge < -0.3 is 0 Å². The summed E-state index contributed by atoms with van der Waals surface area (Å²) in [4.78, 5) is 42.1. The Hall–Kier alpha value is -6.75. The van der Waals surface area contributed by atoms with Crippen LogP contribution in [0.3, 0.4) is 0 Å². The van der Waals surface area contributed by atoms with Gasteiger partial charge in [0, 0.05) is 34.3 Å². The van der Waals surface area contributed by atoms with Gasteiger partial charge in [0.15, 0.2) is 0 Å². The molecule has 0 fully saturated rings. The van der Waals surface area contributed by atoms with Crippen molar-refractivity contribution in [2.24, 2.45) is 10.2 Å². The first-order valence-corrected chi connectivity index (χ1v) is 13.3. The number of benzene rings is 4. The molecule has 1 heterocycles. The van der Waals surface area contributed by atoms with Crippen LogP contribution < -0.4 is 10.9 Å². The molecule has 0 saturated heterocycles. The number of halogens is 1. The molecule has 18 heteroatoms. The molecule has 17 nitrogen and oxygen atoms in total. The predicted molar refractivity (Wildman–Crippen MR) is 170 cm³/mol. The SMILES string of the molecule is O=[N+]([O-])c1ccc(N/N=C\c2cccc3c(/C=N/Nc4ccc([N+](=O)[O-])cc4[N+](=O)[O-])c(Cl)n(-c4ccccc4)c23)c([N+](=O)[O-])c1. The van der Waals surface area contributed by atoms with Crippen molar-refractivity contribution in [1.29, 1.82) is 0 Å². The summed E-state index contributed by atoms with van der Waals surface area (Å²) in [6.07, 6.45) is 2.73. The zero-order valence-corrected chi connectivity index (χ0v) is 23.8. The summed E-state index contributed by atoms with van der Waals surface area (Å²) >= 11 is 6.87. The number of hydrogen-bond donors (Lipinski definition) is 2. The number of nitrogens with one attached hydrogen (secondary N) is 2. The van der Waals surface area contributed by atoms with Crippen molar-refractivity contribution in [2.75, 3.05) is 10.9 Å². The van der Waals surface area contributed by atoms with Crippen molar-refractivity contribution in [3.63, 3.8) is 0 Å². The number of aromatic nitrogens is 1. The van der Waals surface area contributed by atoms with Crippen LogP contribution in [0.4, 0.5) is 34.1 Å². The second-order valence-corrected chi connectivity index (χ2v) is 9.65. The molecule has 0 bridgehead atoms. The molecule has 0 aliphatic carbocycles. The topological polar surface area (TPSA) is 226 Å². The highest BCUT2D eigenvalue weighted by molar-refractivity contribution is 6.35. The Morgan fingerprint density at radius 3 is 1.72 bits per heavy atom. The molecule has 1 aromatic heterocycles. The maximum Gasteiger partial charge on any atom is 0.301 e. The number of nitro benzene ring substituents is 4. The molecule has 0 spiro atoms. The van der Waals surface area contributed by atoms with Gasteiger partial charge in [-0.15, -0.1) is 0 Å². The lowest BCUT2D eigenvalue weighted by Crippen LogP contribution is -2.00. The molecule has 4 aromatic carbocycles. The number of fused-ring (bicyclic) bond motifs is 1. The van der Waals surface area contributed by atoms with E-state index in [4.69, 9.17) is 11.6 Å². The molecular weight excluding hydrogens is 626 g/mol. The highest BCUT2D eigenvalue weighted by Gasteiger charge is 2.22. The van der Waals surface area contributed by atoms with Gasteiger partial charge in [-0.05, 0) is 24.3 Å². The van der Waals surface area contributed by atoms with Gasteiger partial charge >= 0.3 is 11.4 Å². The number of nitrogens with zero attached hydrogens (tertiary/aromatic N) is 7. The lowest BCUT2D eigenvalue weighted by Gasteiger charge is -2.09. The third kappa shape index (κ3) is 6.15. The summed E-state index contributed by atoms with van der Waals surface area (Å²) < 4.78 is 1.71. The van der Waals surface area contributed by atoms with Crippen molar-refractivity contribution in [2.45, 2.75) is 0 Å². The third-order valence-corrected chi connectivity index (χ3v) is 6.93. The van der Waals surface area contributed by atoms with Crippen LogP contribution in [-0.2, 0) is 0 Å². The van der Waals surface area contributed by atoms with E-state index in [1.807, 2.05) is 6.07 Å². The monoisotopic (exact) mass is 643 g/mol. The second kappa shape index (κ2) is 12.9. The standard InChI is InChI=1S/C28H18ClN9O8/c29-28-22(16-31-33-24-12-10-20(36(41)42)14-26(24)38(45)46)21-8-4-5-17(27(21)34(28)18-6-2-1-3-7-18)15-30-32-23-11-9-19(35(39)40)13-25(23)37(43)44/h1-16,32-33H/b30-15-,31-16+. The molecule has 5 rings (SSSR count). The summed E-state index contributed by atoms with van der Waals surface area (Å²) in [5, 5.41) is 54.2. The second-order valence-electron chi connectivity index (χ2n) is 9.29. The van der Waals surface area contributed by atoms with E-state index in [2.05, 4.69) is 21.1 Å². The van der Waals surface area contributed by atoms with Gasteiger partial charge in [0.1, 0.15) is 16.5 Å². The van der Waals surface area contributed by atoms with Crippen LogP contribution in [0.2, 0.25) is 5.15 Å². The van der Waals surface area contributed by atoms with Crippen molar-refractivity contribution < 1.29 is 19.7 Å². The molecule has 0 aliphatic rings. The predicted octanol–water partition coefficient (Wildman–Crippen LogP) is 6.81. The average molecular weight is 644 g/mol. The molecule has 0 saturated carbocycles. The molecular formula is C28H18ClN9O8. The number of nitro groups is 4. The number of rotatable bonds is 11. The van der Waals surface area contributed by atoms with Crippen LogP contribution in [0.15, 0.2) is 95.1 Å². The Bertz CT molecular complexity index is 2100. The first-order chi connectivity index (χ1) is 22.1. The molecule has 230 valence electrons. The van der Waals surface area contributed by atoms with E-state index in [0.717, 1.165) is 24.3 Å². The molecule has 0 aliphatic heterocycles. The minimum Gasteiger partial charge on any atom is -0.299 e. The number of non-ortho nitro benzene ring substituents is 2. The molecule has 0 amide bonds. The highest BCUT2D eigenvalue weighted by atomic mass is 35.5. The fourth-order valence-electron chi connectivity index (χ4n) is 4.50. The van der Waals surface area contributed by atoms with Crippen molar-refractivity contribution in [3.05, 3.63) is 142 Å². The zero-order valence-electron chi connectivity index (χ0n) is 23.0. The largest absolute Gasteiger partial charge is 0.301 e. The summed E-state index contributed by atoms with van der Waals surface area (Å²) in [7, 11) is 0. The van der Waals surface area contributed by atoms with Crippen molar-refractivity contribution >= 4 is 69.1 Å². The van der Waals surface area contributed by atoms with Crippen molar-refractivity contribution in [3.8, 4) is 5.69 Å². The fourth-order valence-corrected chi connectivity index (χ4v) is 4.83. The zero-order chi connectivity index (χ0) is 33.0. The smallest absolute Gasteiger partial charge is 0.299 e. The van der Waals surface area contributed by atoms with E-state index in [-0.39, 0.29) is 16.5 Å². The lowest BCUT2D eigenvalue weighted by atomic mass is 10.1. The first-order valence-electron chi connectivity index (χ1n) is 12.9. The van der Waals surface area contributed by atoms with Gasteiger partial charge in [-0.25, -0.2) is 0 Å². The van der Waals surface area contributed by atoms with E-state index in [9.17, 15) is 40.5 Å². The van der Waals surface area contributed by atoms with E-state index >= 15 is 0 Å². The van der Waals surface area contributed by atoms with Crippen LogP contribution in [0.1, 0.15) is 11.1 Å². The average Bonchev–Trinajstić information content (AvgIpc) is 3.32. The molecule has 0 atom stereocenters. The van der Waals surface area contributed by atoms with E-state index in [0.29, 0.717) is 27.7 Å². The summed E-state index contributed by atoms with van der Waals surface area (Å²) in [5.41, 5.74) is 5.09. The lowest BCUT2D eigenvalue weighted by molar-refractivity contribution is -0.393. The third-order valence-electron chi connectivity index (χ3n) is 6.56. The summed E-state index contributed by atoms with van der Waals surface area (Å²) in [6.45, 7) is 0. The van der Waals surface area contributed by atoms with Crippen LogP contribution in [0, 0.1) is 40.5 Å². The minimum absolute atomic E-state index is 0.0743. The van der Waals surface area contributed by atoms with Crippen LogP contribution in [-0.4, -0.2) is 36.7 Å². The van der Waals surface area contributed by atoms with Crippen molar-refractivity contribution in [1.82, 2.24) is 4.57 Å². The summed E-state index contributed by atoms with van der Waals surface area (Å²) in [5.74, 6) is 0. The van der Waals surface area contributed by atoms with E-state index < -0.39 is 42.4 Å². The fraction of sp³-hybridized carbons (Fsp3) is 0. The molecule has 2 N–H and O–H groups in total. The van der Waals surface area contributed by atoms with Gasteiger partial charge in [-0.3, -0.25) is 55.9 Å². The highest BCUT2D eigenvalue weighted by Crippen LogP contribution is 2.35. The number of hydrogen-bond acceptors (Lipinski definition) is 12. The van der Waals surface area contributed by atoms with Gasteiger partial charge in [0.2, 0.25) is 0 Å². The Kier molecular flexibility index (Phi) is 8.58. The Labute approximate surface area is 261 Å². The Morgan fingerprint density at radius 2 is 1.20 bits per heavy atom. The van der Waals surface area contributed by atoms with Gasteiger partial charge in [-0.2, -0.15) is 10.2 Å². The van der Waals surface area contributed by atoms with E-state index in [1.165, 1.54) is 24.6 Å². The van der Waals surface area contributed by atoms with Gasteiger partial charge in [-0.1, -0.05) is 48.0 Å². The first kappa shape index (κ1) is 30.7. The number of para-hydroxylation sites is 2. The molecule has 0 unspecified atom stereocenters. The Balaban J connectivity index is 1.55. The van der Waals surface area contributed by atoms with Crippen LogP contribution in [0.25, 0.3) is 16.6 Å². The van der Waals surface area contributed by atoms with E-state index in [1.54, 1.807) is 47.0 Å². The summed E-state index contributed by atoms with van der Waals surface area (Å²) in [6, 6.07) is 20.4. The molecule has 5 aromatic rings. The molecule has 0 radical (unpaired) electrons.